The fraction of sp³-hybridized carbons (Fsp3) is 0.375. The van der Waals surface area contributed by atoms with Gasteiger partial charge in [0, 0.05) is 36.9 Å². The van der Waals surface area contributed by atoms with Crippen LogP contribution in [0.3, 0.4) is 0 Å². The van der Waals surface area contributed by atoms with Crippen LogP contribution in [0.2, 0.25) is 5.02 Å². The van der Waals surface area contributed by atoms with Crippen molar-refractivity contribution in [1.82, 2.24) is 19.6 Å². The molecular weight excluding hydrogens is 300 g/mol. The van der Waals surface area contributed by atoms with Crippen LogP contribution >= 0.6 is 11.6 Å². The van der Waals surface area contributed by atoms with Crippen LogP contribution in [0.4, 0.5) is 0 Å². The molecule has 1 atom stereocenters. The van der Waals surface area contributed by atoms with Crippen LogP contribution < -0.4 is 0 Å². The number of nitrogens with zero attached hydrogens (tertiary/aromatic N) is 4. The van der Waals surface area contributed by atoms with Crippen molar-refractivity contribution < 1.29 is 4.79 Å². The summed E-state index contributed by atoms with van der Waals surface area (Å²) in [5.41, 5.74) is 1.50. The van der Waals surface area contributed by atoms with Crippen molar-refractivity contribution in [2.45, 2.75) is 13.0 Å². The van der Waals surface area contributed by atoms with Gasteiger partial charge in [0.15, 0.2) is 0 Å². The summed E-state index contributed by atoms with van der Waals surface area (Å²) in [5, 5.41) is 4.97. The molecule has 1 aliphatic rings. The number of halogens is 1. The van der Waals surface area contributed by atoms with Crippen molar-refractivity contribution in [2.24, 2.45) is 0 Å². The van der Waals surface area contributed by atoms with Crippen LogP contribution in [-0.4, -0.2) is 58.2 Å². The predicted octanol–water partition coefficient (Wildman–Crippen LogP) is 2.30. The number of carbonyl (C=O) groups is 1. The summed E-state index contributed by atoms with van der Waals surface area (Å²) in [7, 11) is 2.08. The van der Waals surface area contributed by atoms with E-state index in [4.69, 9.17) is 11.6 Å². The van der Waals surface area contributed by atoms with Gasteiger partial charge in [0.1, 0.15) is 0 Å². The molecule has 1 aromatic carbocycles. The molecule has 0 radical (unpaired) electrons. The van der Waals surface area contributed by atoms with Gasteiger partial charge in [-0.25, -0.2) is 4.68 Å². The van der Waals surface area contributed by atoms with Gasteiger partial charge in [-0.2, -0.15) is 5.10 Å². The molecule has 0 saturated carbocycles. The highest BCUT2D eigenvalue weighted by atomic mass is 35.5. The Hall–Kier alpha value is -1.85. The summed E-state index contributed by atoms with van der Waals surface area (Å²) < 4.78 is 1.70. The SMILES string of the molecule is C[C@@H]1CN(C)CCN1C(=O)c1cnn(-c2ccc(Cl)cc2)c1. The van der Waals surface area contributed by atoms with Crippen molar-refractivity contribution in [1.29, 1.82) is 0 Å². The second kappa shape index (κ2) is 6.10. The van der Waals surface area contributed by atoms with Gasteiger partial charge in [0.25, 0.3) is 5.91 Å². The molecule has 0 bridgehead atoms. The highest BCUT2D eigenvalue weighted by molar-refractivity contribution is 6.30. The van der Waals surface area contributed by atoms with E-state index < -0.39 is 0 Å². The topological polar surface area (TPSA) is 41.4 Å². The molecule has 0 aliphatic carbocycles. The number of rotatable bonds is 2. The van der Waals surface area contributed by atoms with Crippen molar-refractivity contribution in [3.63, 3.8) is 0 Å². The summed E-state index contributed by atoms with van der Waals surface area (Å²) in [5.74, 6) is 0.0424. The first kappa shape index (κ1) is 15.1. The van der Waals surface area contributed by atoms with Gasteiger partial charge in [0.2, 0.25) is 0 Å². The van der Waals surface area contributed by atoms with Gasteiger partial charge in [-0.05, 0) is 38.2 Å². The standard InChI is InChI=1S/C16H19ClN4O/c1-12-10-19(2)7-8-20(12)16(22)13-9-18-21(11-13)15-5-3-14(17)4-6-15/h3-6,9,11-12H,7-8,10H2,1-2H3/t12-/m1/s1. The first-order valence-electron chi connectivity index (χ1n) is 7.35. The number of likely N-dealkylation sites (N-methyl/N-ethyl adjacent to an activating group) is 1. The van der Waals surface area contributed by atoms with Gasteiger partial charge in [0.05, 0.1) is 17.4 Å². The molecular formula is C16H19ClN4O. The van der Waals surface area contributed by atoms with E-state index in [1.165, 1.54) is 0 Å². The number of piperazine rings is 1. The molecule has 6 heteroatoms. The molecule has 2 heterocycles. The minimum Gasteiger partial charge on any atom is -0.333 e. The van der Waals surface area contributed by atoms with Crippen molar-refractivity contribution >= 4 is 17.5 Å². The second-order valence-corrected chi connectivity index (χ2v) is 6.20. The van der Waals surface area contributed by atoms with E-state index in [1.54, 1.807) is 17.1 Å². The molecule has 116 valence electrons. The Morgan fingerprint density at radius 1 is 1.27 bits per heavy atom. The van der Waals surface area contributed by atoms with E-state index in [1.807, 2.05) is 29.2 Å². The van der Waals surface area contributed by atoms with Gasteiger partial charge < -0.3 is 9.80 Å². The number of hydrogen-bond acceptors (Lipinski definition) is 3. The predicted molar refractivity (Wildman–Crippen MR) is 86.6 cm³/mol. The molecule has 1 aliphatic heterocycles. The number of aromatic nitrogens is 2. The molecule has 1 amide bonds. The summed E-state index contributed by atoms with van der Waals surface area (Å²) in [6.07, 6.45) is 3.40. The molecule has 3 rings (SSSR count). The van der Waals surface area contributed by atoms with Crippen molar-refractivity contribution in [3.05, 3.63) is 47.2 Å². The number of hydrogen-bond donors (Lipinski definition) is 0. The van der Waals surface area contributed by atoms with Crippen LogP contribution in [0.5, 0.6) is 0 Å². The Labute approximate surface area is 135 Å². The zero-order valence-corrected chi connectivity index (χ0v) is 13.5. The summed E-state index contributed by atoms with van der Waals surface area (Å²) >= 11 is 5.89. The number of benzene rings is 1. The number of carbonyl (C=O) groups excluding carboxylic acids is 1. The summed E-state index contributed by atoms with van der Waals surface area (Å²) in [6.45, 7) is 4.64. The Morgan fingerprint density at radius 3 is 2.68 bits per heavy atom. The van der Waals surface area contributed by atoms with E-state index in [-0.39, 0.29) is 11.9 Å². The monoisotopic (exact) mass is 318 g/mol. The first-order valence-corrected chi connectivity index (χ1v) is 7.72. The minimum absolute atomic E-state index is 0.0424. The zero-order chi connectivity index (χ0) is 15.7. The lowest BCUT2D eigenvalue weighted by Gasteiger charge is -2.38. The first-order chi connectivity index (χ1) is 10.5. The van der Waals surface area contributed by atoms with Gasteiger partial charge in [-0.15, -0.1) is 0 Å². The minimum atomic E-state index is 0.0424. The van der Waals surface area contributed by atoms with Crippen LogP contribution in [0.15, 0.2) is 36.7 Å². The molecule has 1 saturated heterocycles. The summed E-state index contributed by atoms with van der Waals surface area (Å²) in [4.78, 5) is 16.8. The quantitative estimate of drug-likeness (QED) is 0.853. The van der Waals surface area contributed by atoms with Gasteiger partial charge in [-0.1, -0.05) is 11.6 Å². The lowest BCUT2D eigenvalue weighted by molar-refractivity contribution is 0.0533. The average Bonchev–Trinajstić information content (AvgIpc) is 2.97. The molecule has 5 nitrogen and oxygen atoms in total. The normalized spacial score (nSPS) is 19.4. The highest BCUT2D eigenvalue weighted by Gasteiger charge is 2.27. The third-order valence-electron chi connectivity index (χ3n) is 4.01. The summed E-state index contributed by atoms with van der Waals surface area (Å²) in [6, 6.07) is 7.58. The van der Waals surface area contributed by atoms with E-state index >= 15 is 0 Å². The largest absolute Gasteiger partial charge is 0.333 e. The second-order valence-electron chi connectivity index (χ2n) is 5.76. The number of amides is 1. The molecule has 2 aromatic rings. The zero-order valence-electron chi connectivity index (χ0n) is 12.7. The lowest BCUT2D eigenvalue weighted by Crippen LogP contribution is -2.52. The van der Waals surface area contributed by atoms with Gasteiger partial charge in [-0.3, -0.25) is 4.79 Å². The van der Waals surface area contributed by atoms with Crippen LogP contribution in [0.1, 0.15) is 17.3 Å². The maximum Gasteiger partial charge on any atom is 0.257 e. The Balaban J connectivity index is 1.78. The maximum atomic E-state index is 12.6. The molecule has 0 unspecified atom stereocenters. The highest BCUT2D eigenvalue weighted by Crippen LogP contribution is 2.16. The third-order valence-corrected chi connectivity index (χ3v) is 4.26. The maximum absolute atomic E-state index is 12.6. The van der Waals surface area contributed by atoms with E-state index in [9.17, 15) is 4.79 Å². The van der Waals surface area contributed by atoms with E-state index in [2.05, 4.69) is 24.0 Å². The molecule has 0 N–H and O–H groups in total. The van der Waals surface area contributed by atoms with E-state index in [0.717, 1.165) is 25.3 Å². The molecule has 1 fully saturated rings. The van der Waals surface area contributed by atoms with Crippen LogP contribution in [0.25, 0.3) is 5.69 Å². The van der Waals surface area contributed by atoms with Crippen molar-refractivity contribution in [3.8, 4) is 5.69 Å². The Bertz CT molecular complexity index is 667. The lowest BCUT2D eigenvalue weighted by atomic mass is 10.1. The van der Waals surface area contributed by atoms with E-state index in [0.29, 0.717) is 10.6 Å². The fourth-order valence-electron chi connectivity index (χ4n) is 2.78. The van der Waals surface area contributed by atoms with Crippen molar-refractivity contribution in [2.75, 3.05) is 26.7 Å². The Kier molecular flexibility index (Phi) is 4.18. The third kappa shape index (κ3) is 3.00. The van der Waals surface area contributed by atoms with Crippen LogP contribution in [-0.2, 0) is 0 Å². The smallest absolute Gasteiger partial charge is 0.257 e. The Morgan fingerprint density at radius 2 is 2.00 bits per heavy atom. The fourth-order valence-corrected chi connectivity index (χ4v) is 2.90. The molecule has 1 aromatic heterocycles. The molecule has 22 heavy (non-hydrogen) atoms. The average molecular weight is 319 g/mol. The van der Waals surface area contributed by atoms with Gasteiger partial charge >= 0.3 is 0 Å². The molecule has 0 spiro atoms. The van der Waals surface area contributed by atoms with Crippen LogP contribution in [0, 0.1) is 0 Å².